The van der Waals surface area contributed by atoms with E-state index in [2.05, 4.69) is 20.8 Å². The van der Waals surface area contributed by atoms with E-state index in [-0.39, 0.29) is 0 Å². The summed E-state index contributed by atoms with van der Waals surface area (Å²) in [5, 5.41) is 12.3. The molecular weight excluding hydrogens is 564 g/mol. The SMILES string of the molecule is CC(C)(C)[Si](OO[C@@H](C(=O)O)[C@H]1OC2(CCCCC2)O[C@@H]1[C@H]1COC2(CCCCC2)O1)(c1ccccc1)c1ccccc1. The van der Waals surface area contributed by atoms with Crippen LogP contribution in [0.15, 0.2) is 60.7 Å². The molecule has 6 rings (SSSR count). The Morgan fingerprint density at radius 1 is 0.814 bits per heavy atom. The summed E-state index contributed by atoms with van der Waals surface area (Å²) < 4.78 is 32.9. The van der Waals surface area contributed by atoms with Crippen molar-refractivity contribution in [3.05, 3.63) is 60.7 Å². The molecule has 2 heterocycles. The summed E-state index contributed by atoms with van der Waals surface area (Å²) in [6.07, 6.45) is 5.91. The first-order valence-electron chi connectivity index (χ1n) is 16.0. The van der Waals surface area contributed by atoms with Crippen LogP contribution in [-0.4, -0.2) is 62.0 Å². The molecule has 2 aliphatic heterocycles. The Balaban J connectivity index is 1.33. The van der Waals surface area contributed by atoms with Crippen LogP contribution in [0.2, 0.25) is 5.04 Å². The third kappa shape index (κ3) is 5.98. The Hall–Kier alpha value is -2.11. The lowest BCUT2D eigenvalue weighted by Crippen LogP contribution is -2.67. The molecule has 9 heteroatoms. The van der Waals surface area contributed by atoms with E-state index >= 15 is 0 Å². The lowest BCUT2D eigenvalue weighted by molar-refractivity contribution is -0.283. The predicted molar refractivity (Wildman–Crippen MR) is 163 cm³/mol. The number of hydrogen-bond acceptors (Lipinski definition) is 7. The van der Waals surface area contributed by atoms with Gasteiger partial charge in [-0.25, -0.2) is 9.68 Å². The Morgan fingerprint density at radius 2 is 1.35 bits per heavy atom. The van der Waals surface area contributed by atoms with E-state index in [0.717, 1.165) is 55.3 Å². The highest BCUT2D eigenvalue weighted by Gasteiger charge is 2.60. The highest BCUT2D eigenvalue weighted by Crippen LogP contribution is 2.47. The minimum absolute atomic E-state index is 0.336. The van der Waals surface area contributed by atoms with Crippen molar-refractivity contribution >= 4 is 24.7 Å². The Morgan fingerprint density at radius 3 is 1.86 bits per heavy atom. The van der Waals surface area contributed by atoms with Gasteiger partial charge in [-0.1, -0.05) is 94.3 Å². The maximum Gasteiger partial charge on any atom is 0.339 e. The molecule has 0 unspecified atom stereocenters. The first kappa shape index (κ1) is 30.9. The summed E-state index contributed by atoms with van der Waals surface area (Å²) >= 11 is 0. The van der Waals surface area contributed by atoms with Gasteiger partial charge in [-0.2, -0.15) is 0 Å². The first-order valence-corrected chi connectivity index (χ1v) is 17.9. The Bertz CT molecular complexity index is 1180. The highest BCUT2D eigenvalue weighted by molar-refractivity contribution is 6.99. The molecule has 2 aromatic rings. The zero-order chi connectivity index (χ0) is 30.1. The average Bonchev–Trinajstić information content (AvgIpc) is 3.57. The number of benzene rings is 2. The largest absolute Gasteiger partial charge is 0.479 e. The topological polar surface area (TPSA) is 92.7 Å². The van der Waals surface area contributed by atoms with E-state index in [9.17, 15) is 9.90 Å². The van der Waals surface area contributed by atoms with Crippen molar-refractivity contribution in [1.29, 1.82) is 0 Å². The first-order chi connectivity index (χ1) is 20.7. The molecule has 8 nitrogen and oxygen atoms in total. The molecule has 43 heavy (non-hydrogen) atoms. The number of rotatable bonds is 8. The van der Waals surface area contributed by atoms with Crippen molar-refractivity contribution < 1.29 is 38.3 Å². The van der Waals surface area contributed by atoms with E-state index in [1.165, 1.54) is 6.42 Å². The maximum absolute atomic E-state index is 13.1. The monoisotopic (exact) mass is 610 g/mol. The smallest absolute Gasteiger partial charge is 0.339 e. The zero-order valence-electron chi connectivity index (χ0n) is 25.7. The van der Waals surface area contributed by atoms with Gasteiger partial charge in [-0.05, 0) is 41.1 Å². The van der Waals surface area contributed by atoms with E-state index in [0.29, 0.717) is 19.4 Å². The van der Waals surface area contributed by atoms with Crippen molar-refractivity contribution in [2.24, 2.45) is 0 Å². The van der Waals surface area contributed by atoms with Gasteiger partial charge in [-0.15, -0.1) is 0 Å². The van der Waals surface area contributed by atoms with Gasteiger partial charge in [0.15, 0.2) is 11.6 Å². The summed E-state index contributed by atoms with van der Waals surface area (Å²) in [6, 6.07) is 20.1. The van der Waals surface area contributed by atoms with Crippen LogP contribution in [0, 0.1) is 0 Å². The van der Waals surface area contributed by atoms with Crippen LogP contribution in [0.3, 0.4) is 0 Å². The van der Waals surface area contributed by atoms with E-state index < -0.39 is 55.3 Å². The van der Waals surface area contributed by atoms with Gasteiger partial charge in [0.25, 0.3) is 0 Å². The van der Waals surface area contributed by atoms with Gasteiger partial charge in [0.2, 0.25) is 6.10 Å². The van der Waals surface area contributed by atoms with Crippen LogP contribution in [0.4, 0.5) is 0 Å². The Kier molecular flexibility index (Phi) is 8.87. The van der Waals surface area contributed by atoms with E-state index in [1.54, 1.807) is 0 Å². The standard InChI is InChI=1S/C34H46O8Si/c1-32(2,3)43(25-16-8-4-9-17-25,26-18-10-5-11-19-26)42-41-30(31(35)36)29-28(39-34(40-29)22-14-7-15-23-34)27-24-37-33(38-27)20-12-6-13-21-33/h4-5,8-11,16-19,27-30H,6-7,12-15,20-24H2,1-3H3,(H,35,36)/t27-,28-,29+,30-/m1/s1. The van der Waals surface area contributed by atoms with Gasteiger partial charge >= 0.3 is 14.3 Å². The number of carboxylic acid groups (broad SMARTS) is 1. The summed E-state index contributed by atoms with van der Waals surface area (Å²) in [5.41, 5.74) is 0. The lowest BCUT2D eigenvalue weighted by Gasteiger charge is -2.42. The molecule has 4 atom stereocenters. The molecule has 1 N–H and O–H groups in total. The van der Waals surface area contributed by atoms with Gasteiger partial charge in [0.05, 0.1) is 6.61 Å². The Labute approximate surface area is 256 Å². The van der Waals surface area contributed by atoms with Gasteiger partial charge in [-0.3, -0.25) is 4.58 Å². The molecule has 2 saturated carbocycles. The number of aliphatic carboxylic acids is 1. The van der Waals surface area contributed by atoms with Crippen LogP contribution in [0.25, 0.3) is 0 Å². The van der Waals surface area contributed by atoms with Crippen LogP contribution < -0.4 is 10.4 Å². The number of carboxylic acids is 1. The second-order valence-electron chi connectivity index (χ2n) is 13.7. The number of hydrogen-bond donors (Lipinski definition) is 1. The normalized spacial score (nSPS) is 27.8. The predicted octanol–water partition coefficient (Wildman–Crippen LogP) is 5.47. The molecule has 2 spiro atoms. The highest BCUT2D eigenvalue weighted by atomic mass is 28.4. The molecular formula is C34H46O8Si. The van der Waals surface area contributed by atoms with Crippen molar-refractivity contribution in [2.45, 2.75) is 126 Å². The maximum atomic E-state index is 13.1. The third-order valence-corrected chi connectivity index (χ3v) is 14.5. The molecule has 2 saturated heterocycles. The summed E-state index contributed by atoms with van der Waals surface area (Å²) in [6.45, 7) is 6.71. The van der Waals surface area contributed by atoms with Crippen LogP contribution in [0.5, 0.6) is 0 Å². The molecule has 0 amide bonds. The second kappa shape index (κ2) is 12.3. The molecule has 2 aliphatic carbocycles. The van der Waals surface area contributed by atoms with Gasteiger partial charge < -0.3 is 24.1 Å². The summed E-state index contributed by atoms with van der Waals surface area (Å²) in [7, 11) is -3.18. The summed E-state index contributed by atoms with van der Waals surface area (Å²) in [4.78, 5) is 19.3. The fourth-order valence-electron chi connectivity index (χ4n) is 7.56. The van der Waals surface area contributed by atoms with Gasteiger partial charge in [0, 0.05) is 25.7 Å². The van der Waals surface area contributed by atoms with E-state index in [4.69, 9.17) is 28.4 Å². The molecule has 0 bridgehead atoms. The quantitative estimate of drug-likeness (QED) is 0.239. The van der Waals surface area contributed by atoms with Crippen molar-refractivity contribution in [3.8, 4) is 0 Å². The molecule has 2 aromatic carbocycles. The minimum atomic E-state index is -3.18. The summed E-state index contributed by atoms with van der Waals surface area (Å²) in [5.74, 6) is -2.63. The van der Waals surface area contributed by atoms with E-state index in [1.807, 2.05) is 60.7 Å². The fourth-order valence-corrected chi connectivity index (χ4v) is 11.6. The third-order valence-electron chi connectivity index (χ3n) is 9.73. The fraction of sp³-hybridized carbons (Fsp3) is 0.618. The lowest BCUT2D eigenvalue weighted by atomic mass is 9.94. The molecule has 0 radical (unpaired) electrons. The van der Waals surface area contributed by atoms with Crippen molar-refractivity contribution in [2.75, 3.05) is 6.61 Å². The van der Waals surface area contributed by atoms with Crippen molar-refractivity contribution in [3.63, 3.8) is 0 Å². The molecule has 234 valence electrons. The van der Waals surface area contributed by atoms with Crippen LogP contribution in [0.1, 0.15) is 85.0 Å². The number of carbonyl (C=O) groups is 1. The second-order valence-corrected chi connectivity index (χ2v) is 17.9. The average molecular weight is 611 g/mol. The van der Waals surface area contributed by atoms with Crippen LogP contribution in [-0.2, 0) is 33.2 Å². The number of ether oxygens (including phenoxy) is 4. The zero-order valence-corrected chi connectivity index (χ0v) is 26.7. The van der Waals surface area contributed by atoms with Crippen LogP contribution >= 0.6 is 0 Å². The minimum Gasteiger partial charge on any atom is -0.479 e. The molecule has 4 aliphatic rings. The van der Waals surface area contributed by atoms with Crippen molar-refractivity contribution in [1.82, 2.24) is 0 Å². The van der Waals surface area contributed by atoms with Gasteiger partial charge in [0.1, 0.15) is 18.3 Å². The molecule has 0 aromatic heterocycles. The molecule has 4 fully saturated rings.